The Hall–Kier alpha value is -2.40. The molecule has 0 atom stereocenters. The van der Waals surface area contributed by atoms with Gasteiger partial charge in [-0.3, -0.25) is 9.59 Å². The summed E-state index contributed by atoms with van der Waals surface area (Å²) in [4.78, 5) is 26.2. The van der Waals surface area contributed by atoms with Gasteiger partial charge in [0.15, 0.2) is 5.78 Å². The molecule has 0 aliphatic carbocycles. The number of ketones is 1. The van der Waals surface area contributed by atoms with Gasteiger partial charge >= 0.3 is 0 Å². The van der Waals surface area contributed by atoms with Crippen molar-refractivity contribution >= 4 is 45.1 Å². The SMILES string of the molecule is CC(=O)/C(=C/c1ccc(Br)cc1)C(=O)Nc1ccc(N(C)C)cc1. The molecule has 0 heterocycles. The number of hydrogen-bond donors (Lipinski definition) is 1. The first-order valence-corrected chi connectivity index (χ1v) is 8.23. The van der Waals surface area contributed by atoms with Crippen molar-refractivity contribution in [2.24, 2.45) is 0 Å². The van der Waals surface area contributed by atoms with Crippen LogP contribution in [-0.4, -0.2) is 25.8 Å². The summed E-state index contributed by atoms with van der Waals surface area (Å²) >= 11 is 3.36. The number of hydrogen-bond acceptors (Lipinski definition) is 3. The van der Waals surface area contributed by atoms with Crippen LogP contribution in [0.1, 0.15) is 12.5 Å². The summed E-state index contributed by atoms with van der Waals surface area (Å²) in [6.07, 6.45) is 1.60. The molecule has 1 amide bonds. The van der Waals surface area contributed by atoms with Crippen LogP contribution in [0.5, 0.6) is 0 Å². The molecule has 0 aliphatic heterocycles. The maximum Gasteiger partial charge on any atom is 0.259 e. The first kappa shape index (κ1) is 17.9. The number of carbonyl (C=O) groups excluding carboxylic acids is 2. The number of rotatable bonds is 5. The van der Waals surface area contributed by atoms with E-state index < -0.39 is 5.91 Å². The first-order chi connectivity index (χ1) is 11.4. The number of amides is 1. The van der Waals surface area contributed by atoms with E-state index in [1.165, 1.54) is 6.92 Å². The van der Waals surface area contributed by atoms with Gasteiger partial charge in [-0.25, -0.2) is 0 Å². The zero-order valence-electron chi connectivity index (χ0n) is 13.8. The van der Waals surface area contributed by atoms with E-state index in [0.29, 0.717) is 5.69 Å². The van der Waals surface area contributed by atoms with Crippen molar-refractivity contribution in [2.75, 3.05) is 24.3 Å². The molecule has 124 valence electrons. The zero-order chi connectivity index (χ0) is 17.7. The number of benzene rings is 2. The number of nitrogens with zero attached hydrogens (tertiary/aromatic N) is 1. The van der Waals surface area contributed by atoms with Crippen LogP contribution in [0.25, 0.3) is 6.08 Å². The molecule has 0 saturated heterocycles. The van der Waals surface area contributed by atoms with Gasteiger partial charge in [0.05, 0.1) is 5.57 Å². The van der Waals surface area contributed by atoms with Gasteiger partial charge < -0.3 is 10.2 Å². The highest BCUT2D eigenvalue weighted by atomic mass is 79.9. The predicted molar refractivity (Wildman–Crippen MR) is 102 cm³/mol. The Morgan fingerprint density at radius 3 is 2.08 bits per heavy atom. The predicted octanol–water partition coefficient (Wildman–Crippen LogP) is 4.13. The van der Waals surface area contributed by atoms with Crippen LogP contribution in [0, 0.1) is 0 Å². The molecule has 0 saturated carbocycles. The topological polar surface area (TPSA) is 49.4 Å². The molecule has 0 unspecified atom stereocenters. The van der Waals surface area contributed by atoms with Crippen LogP contribution in [0.4, 0.5) is 11.4 Å². The molecule has 0 radical (unpaired) electrons. The Kier molecular flexibility index (Phi) is 5.93. The summed E-state index contributed by atoms with van der Waals surface area (Å²) in [6.45, 7) is 1.39. The van der Waals surface area contributed by atoms with E-state index in [4.69, 9.17) is 0 Å². The molecule has 2 aromatic rings. The molecule has 4 nitrogen and oxygen atoms in total. The smallest absolute Gasteiger partial charge is 0.259 e. The average molecular weight is 387 g/mol. The van der Waals surface area contributed by atoms with Crippen molar-refractivity contribution in [3.63, 3.8) is 0 Å². The highest BCUT2D eigenvalue weighted by molar-refractivity contribution is 9.10. The lowest BCUT2D eigenvalue weighted by atomic mass is 10.1. The molecule has 0 aromatic heterocycles. The van der Waals surface area contributed by atoms with E-state index >= 15 is 0 Å². The van der Waals surface area contributed by atoms with Crippen molar-refractivity contribution in [1.29, 1.82) is 0 Å². The second-order valence-electron chi connectivity index (χ2n) is 5.56. The minimum absolute atomic E-state index is 0.119. The van der Waals surface area contributed by atoms with E-state index in [0.717, 1.165) is 15.7 Å². The lowest BCUT2D eigenvalue weighted by Gasteiger charge is -2.13. The molecule has 2 rings (SSSR count). The molecule has 1 N–H and O–H groups in total. The van der Waals surface area contributed by atoms with E-state index in [1.54, 1.807) is 6.08 Å². The van der Waals surface area contributed by atoms with E-state index in [2.05, 4.69) is 21.2 Å². The standard InChI is InChI=1S/C19H19BrN2O2/c1-13(23)18(12-14-4-6-15(20)7-5-14)19(24)21-16-8-10-17(11-9-16)22(2)3/h4-12H,1-3H3,(H,21,24)/b18-12-. The highest BCUT2D eigenvalue weighted by Gasteiger charge is 2.14. The van der Waals surface area contributed by atoms with Crippen molar-refractivity contribution in [3.8, 4) is 0 Å². The summed E-state index contributed by atoms with van der Waals surface area (Å²) in [5.41, 5.74) is 2.59. The van der Waals surface area contributed by atoms with E-state index in [9.17, 15) is 9.59 Å². The number of Topliss-reactive ketones (excluding diaryl/α,β-unsaturated/α-hetero) is 1. The number of anilines is 2. The normalized spacial score (nSPS) is 11.1. The Balaban J connectivity index is 2.20. The molecule has 0 spiro atoms. The van der Waals surface area contributed by atoms with Gasteiger partial charge in [0.1, 0.15) is 0 Å². The van der Waals surface area contributed by atoms with Gasteiger partial charge in [0.2, 0.25) is 0 Å². The molecule has 24 heavy (non-hydrogen) atoms. The molecular weight excluding hydrogens is 368 g/mol. The molecular formula is C19H19BrN2O2. The summed E-state index contributed by atoms with van der Waals surface area (Å²) in [6, 6.07) is 14.8. The maximum atomic E-state index is 12.4. The van der Waals surface area contributed by atoms with E-state index in [1.807, 2.05) is 67.5 Å². The molecule has 0 bridgehead atoms. The van der Waals surface area contributed by atoms with Gasteiger partial charge in [-0.15, -0.1) is 0 Å². The van der Waals surface area contributed by atoms with E-state index in [-0.39, 0.29) is 11.4 Å². The fourth-order valence-corrected chi connectivity index (χ4v) is 2.36. The number of halogens is 1. The fourth-order valence-electron chi connectivity index (χ4n) is 2.09. The van der Waals surface area contributed by atoms with Crippen LogP contribution in [0.15, 0.2) is 58.6 Å². The Morgan fingerprint density at radius 1 is 1.00 bits per heavy atom. The third kappa shape index (κ3) is 4.80. The van der Waals surface area contributed by atoms with Gasteiger partial charge in [-0.1, -0.05) is 28.1 Å². The summed E-state index contributed by atoms with van der Waals surface area (Å²) in [5.74, 6) is -0.691. The van der Waals surface area contributed by atoms with Crippen LogP contribution in [0.2, 0.25) is 0 Å². The van der Waals surface area contributed by atoms with Crippen molar-refractivity contribution in [1.82, 2.24) is 0 Å². The van der Waals surface area contributed by atoms with Crippen molar-refractivity contribution in [3.05, 3.63) is 64.1 Å². The quantitative estimate of drug-likeness (QED) is 0.477. The highest BCUT2D eigenvalue weighted by Crippen LogP contribution is 2.18. The minimum atomic E-state index is -0.414. The minimum Gasteiger partial charge on any atom is -0.378 e. The van der Waals surface area contributed by atoms with Crippen molar-refractivity contribution < 1.29 is 9.59 Å². The van der Waals surface area contributed by atoms with Gasteiger partial charge in [0, 0.05) is 29.9 Å². The van der Waals surface area contributed by atoms with Crippen LogP contribution in [-0.2, 0) is 9.59 Å². The third-order valence-electron chi connectivity index (χ3n) is 3.45. The largest absolute Gasteiger partial charge is 0.378 e. The lowest BCUT2D eigenvalue weighted by molar-refractivity contribution is -0.118. The third-order valence-corrected chi connectivity index (χ3v) is 3.98. The van der Waals surface area contributed by atoms with Gasteiger partial charge in [-0.05, 0) is 55.0 Å². The monoisotopic (exact) mass is 386 g/mol. The van der Waals surface area contributed by atoms with Crippen molar-refractivity contribution in [2.45, 2.75) is 6.92 Å². The Morgan fingerprint density at radius 2 is 1.58 bits per heavy atom. The average Bonchev–Trinajstić information content (AvgIpc) is 2.54. The second-order valence-corrected chi connectivity index (χ2v) is 6.48. The summed E-state index contributed by atoms with van der Waals surface area (Å²) < 4.78 is 0.939. The second kappa shape index (κ2) is 7.93. The summed E-state index contributed by atoms with van der Waals surface area (Å²) in [5, 5.41) is 2.77. The molecule has 0 aliphatic rings. The summed E-state index contributed by atoms with van der Waals surface area (Å²) in [7, 11) is 3.89. The molecule has 2 aromatic carbocycles. The van der Waals surface area contributed by atoms with Gasteiger partial charge in [-0.2, -0.15) is 0 Å². The van der Waals surface area contributed by atoms with Crippen LogP contribution in [0.3, 0.4) is 0 Å². The molecule has 5 heteroatoms. The number of nitrogens with one attached hydrogen (secondary N) is 1. The zero-order valence-corrected chi connectivity index (χ0v) is 15.4. The van der Waals surface area contributed by atoms with Crippen LogP contribution < -0.4 is 10.2 Å². The first-order valence-electron chi connectivity index (χ1n) is 7.44. The van der Waals surface area contributed by atoms with Crippen LogP contribution >= 0.6 is 15.9 Å². The Labute approximate surface area is 150 Å². The number of carbonyl (C=O) groups is 2. The fraction of sp³-hybridized carbons (Fsp3) is 0.158. The maximum absolute atomic E-state index is 12.4. The van der Waals surface area contributed by atoms with Gasteiger partial charge in [0.25, 0.3) is 5.91 Å². The molecule has 0 fully saturated rings. The lowest BCUT2D eigenvalue weighted by Crippen LogP contribution is -2.19. The Bertz CT molecular complexity index is 763.